The first kappa shape index (κ1) is 20.7. The Morgan fingerprint density at radius 2 is 1.85 bits per heavy atom. The number of anilines is 1. The maximum absolute atomic E-state index is 12.6. The van der Waals surface area contributed by atoms with Crippen molar-refractivity contribution >= 4 is 23.5 Å². The van der Waals surface area contributed by atoms with Gasteiger partial charge in [-0.1, -0.05) is 25.2 Å². The summed E-state index contributed by atoms with van der Waals surface area (Å²) in [5.74, 6) is -1.85. The lowest BCUT2D eigenvalue weighted by molar-refractivity contribution is -0.127. The Labute approximate surface area is 158 Å². The van der Waals surface area contributed by atoms with Crippen molar-refractivity contribution in [2.45, 2.75) is 38.6 Å². The van der Waals surface area contributed by atoms with E-state index in [0.29, 0.717) is 11.3 Å². The number of ether oxygens (including phenoxy) is 1. The van der Waals surface area contributed by atoms with Crippen LogP contribution in [0.4, 0.5) is 5.69 Å². The molecule has 0 aliphatic carbocycles. The van der Waals surface area contributed by atoms with E-state index in [1.165, 1.54) is 30.4 Å². The SMILES string of the molecule is CNc1cc(O)c2c(c1)/C=C/C[C@H](O)[C@@H](O)C(=O)/C=C/[C@@H](C)[C@H](C)OC2=O. The van der Waals surface area contributed by atoms with Crippen LogP contribution in [0.25, 0.3) is 6.08 Å². The fourth-order valence-corrected chi connectivity index (χ4v) is 2.64. The molecule has 0 saturated heterocycles. The molecule has 1 heterocycles. The van der Waals surface area contributed by atoms with Gasteiger partial charge in [-0.3, -0.25) is 4.79 Å². The highest BCUT2D eigenvalue weighted by atomic mass is 16.5. The van der Waals surface area contributed by atoms with Gasteiger partial charge in [0.2, 0.25) is 0 Å². The summed E-state index contributed by atoms with van der Waals surface area (Å²) >= 11 is 0. The van der Waals surface area contributed by atoms with Gasteiger partial charge in [0.25, 0.3) is 0 Å². The number of hydrogen-bond acceptors (Lipinski definition) is 7. The predicted molar refractivity (Wildman–Crippen MR) is 102 cm³/mol. The van der Waals surface area contributed by atoms with Crippen LogP contribution in [0.1, 0.15) is 36.2 Å². The summed E-state index contributed by atoms with van der Waals surface area (Å²) in [4.78, 5) is 24.6. The third kappa shape index (κ3) is 4.96. The quantitative estimate of drug-likeness (QED) is 0.554. The number of fused-ring (bicyclic) bond motifs is 1. The van der Waals surface area contributed by atoms with Crippen molar-refractivity contribution in [2.75, 3.05) is 12.4 Å². The first-order valence-corrected chi connectivity index (χ1v) is 8.75. The molecule has 1 aromatic carbocycles. The van der Waals surface area contributed by atoms with Crippen molar-refractivity contribution < 1.29 is 29.6 Å². The number of cyclic esters (lactones) is 1. The van der Waals surface area contributed by atoms with Crippen LogP contribution in [0.15, 0.2) is 30.4 Å². The van der Waals surface area contributed by atoms with Gasteiger partial charge in [-0.15, -0.1) is 0 Å². The molecule has 0 saturated carbocycles. The number of phenolic OH excluding ortho intramolecular Hbond substituents is 1. The van der Waals surface area contributed by atoms with Crippen LogP contribution in [-0.2, 0) is 9.53 Å². The number of carbonyl (C=O) groups is 2. The molecular weight excluding hydrogens is 350 g/mol. The Morgan fingerprint density at radius 3 is 2.52 bits per heavy atom. The average molecular weight is 375 g/mol. The monoisotopic (exact) mass is 375 g/mol. The van der Waals surface area contributed by atoms with E-state index in [0.717, 1.165) is 0 Å². The average Bonchev–Trinajstić information content (AvgIpc) is 2.63. The van der Waals surface area contributed by atoms with Crippen molar-refractivity contribution in [2.24, 2.45) is 5.92 Å². The summed E-state index contributed by atoms with van der Waals surface area (Å²) in [6.45, 7) is 3.42. The second-order valence-corrected chi connectivity index (χ2v) is 6.59. The minimum atomic E-state index is -1.55. The number of aromatic hydroxyl groups is 1. The van der Waals surface area contributed by atoms with Gasteiger partial charge < -0.3 is 25.4 Å². The van der Waals surface area contributed by atoms with E-state index in [1.807, 2.05) is 0 Å². The Balaban J connectivity index is 2.50. The Morgan fingerprint density at radius 1 is 1.15 bits per heavy atom. The number of phenols is 1. The molecule has 0 unspecified atom stereocenters. The molecule has 2 rings (SSSR count). The lowest BCUT2D eigenvalue weighted by Crippen LogP contribution is -2.32. The highest BCUT2D eigenvalue weighted by Gasteiger charge is 2.25. The minimum Gasteiger partial charge on any atom is -0.507 e. The van der Waals surface area contributed by atoms with E-state index in [2.05, 4.69) is 5.32 Å². The second kappa shape index (κ2) is 8.83. The van der Waals surface area contributed by atoms with Crippen LogP contribution in [0.2, 0.25) is 0 Å². The van der Waals surface area contributed by atoms with Gasteiger partial charge in [0.1, 0.15) is 23.5 Å². The second-order valence-electron chi connectivity index (χ2n) is 6.59. The van der Waals surface area contributed by atoms with Crippen molar-refractivity contribution in [3.05, 3.63) is 41.5 Å². The van der Waals surface area contributed by atoms with Gasteiger partial charge in [-0.05, 0) is 31.1 Å². The molecule has 4 atom stereocenters. The normalized spacial score (nSPS) is 29.2. The summed E-state index contributed by atoms with van der Waals surface area (Å²) in [5, 5.41) is 33.2. The summed E-state index contributed by atoms with van der Waals surface area (Å²) < 4.78 is 5.44. The zero-order valence-electron chi connectivity index (χ0n) is 15.5. The van der Waals surface area contributed by atoms with Crippen LogP contribution in [0.5, 0.6) is 5.75 Å². The zero-order valence-corrected chi connectivity index (χ0v) is 15.5. The molecule has 7 nitrogen and oxygen atoms in total. The largest absolute Gasteiger partial charge is 0.507 e. The number of rotatable bonds is 1. The standard InChI is InChI=1S/C20H25NO6/c1-11-7-8-16(23)19(25)15(22)6-4-5-13-9-14(21-3)10-17(24)18(13)20(26)27-12(11)2/h4-5,7-12,15,19,21-22,24-25H,6H2,1-3H3/b5-4+,8-7+/t11-,12+,15+,19-/m1/s1. The molecule has 1 aliphatic rings. The fraction of sp³-hybridized carbons (Fsp3) is 0.400. The van der Waals surface area contributed by atoms with Gasteiger partial charge in [-0.2, -0.15) is 0 Å². The van der Waals surface area contributed by atoms with Crippen molar-refractivity contribution in [3.8, 4) is 5.75 Å². The summed E-state index contributed by atoms with van der Waals surface area (Å²) in [7, 11) is 1.67. The molecule has 4 N–H and O–H groups in total. The van der Waals surface area contributed by atoms with E-state index < -0.39 is 30.1 Å². The van der Waals surface area contributed by atoms with Crippen LogP contribution in [0, 0.1) is 5.92 Å². The first-order chi connectivity index (χ1) is 12.7. The number of carbonyl (C=O) groups excluding carboxylic acids is 2. The third-order valence-electron chi connectivity index (χ3n) is 4.57. The number of ketones is 1. The van der Waals surface area contributed by atoms with Gasteiger partial charge in [0, 0.05) is 24.7 Å². The summed E-state index contributed by atoms with van der Waals surface area (Å²) in [6.07, 6.45) is 2.34. The topological polar surface area (TPSA) is 116 Å². The number of nitrogens with one attached hydrogen (secondary N) is 1. The number of esters is 1. The number of aliphatic hydroxyl groups excluding tert-OH is 2. The molecule has 0 spiro atoms. The van der Waals surface area contributed by atoms with Crippen LogP contribution in [0.3, 0.4) is 0 Å². The molecule has 0 amide bonds. The molecule has 0 bridgehead atoms. The van der Waals surface area contributed by atoms with Crippen molar-refractivity contribution in [1.29, 1.82) is 0 Å². The van der Waals surface area contributed by atoms with E-state index >= 15 is 0 Å². The third-order valence-corrected chi connectivity index (χ3v) is 4.57. The van der Waals surface area contributed by atoms with Gasteiger partial charge in [0.05, 0.1) is 6.10 Å². The highest BCUT2D eigenvalue weighted by molar-refractivity contribution is 5.97. The molecule has 7 heteroatoms. The van der Waals surface area contributed by atoms with E-state index in [4.69, 9.17) is 4.74 Å². The fourth-order valence-electron chi connectivity index (χ4n) is 2.64. The Hall–Kier alpha value is -2.64. The molecule has 1 aromatic rings. The maximum Gasteiger partial charge on any atom is 0.342 e. The molecule has 27 heavy (non-hydrogen) atoms. The minimum absolute atomic E-state index is 0.00820. The Kier molecular flexibility index (Phi) is 6.76. The van der Waals surface area contributed by atoms with Gasteiger partial charge in [-0.25, -0.2) is 4.79 Å². The lowest BCUT2D eigenvalue weighted by atomic mass is 9.99. The van der Waals surface area contributed by atoms with Crippen molar-refractivity contribution in [1.82, 2.24) is 0 Å². The summed E-state index contributed by atoms with van der Waals surface area (Å²) in [6, 6.07) is 3.07. The Bertz CT molecular complexity index is 770. The lowest BCUT2D eigenvalue weighted by Gasteiger charge is -2.20. The molecule has 146 valence electrons. The van der Waals surface area contributed by atoms with Crippen LogP contribution < -0.4 is 5.32 Å². The molecule has 1 aliphatic heterocycles. The zero-order chi connectivity index (χ0) is 20.1. The van der Waals surface area contributed by atoms with E-state index in [9.17, 15) is 24.9 Å². The number of aliphatic hydroxyl groups is 2. The number of benzene rings is 1. The van der Waals surface area contributed by atoms with Crippen LogP contribution >= 0.6 is 0 Å². The van der Waals surface area contributed by atoms with Gasteiger partial charge in [0.15, 0.2) is 5.78 Å². The van der Waals surface area contributed by atoms with E-state index in [-0.39, 0.29) is 23.7 Å². The summed E-state index contributed by atoms with van der Waals surface area (Å²) in [5.41, 5.74) is 0.992. The number of hydrogen-bond donors (Lipinski definition) is 4. The predicted octanol–water partition coefficient (Wildman–Crippen LogP) is 1.88. The molecule has 0 fully saturated rings. The maximum atomic E-state index is 12.6. The smallest absolute Gasteiger partial charge is 0.342 e. The van der Waals surface area contributed by atoms with E-state index in [1.54, 1.807) is 27.0 Å². The molecule has 0 radical (unpaired) electrons. The highest BCUT2D eigenvalue weighted by Crippen LogP contribution is 2.29. The first-order valence-electron chi connectivity index (χ1n) is 8.75. The molecule has 0 aromatic heterocycles. The van der Waals surface area contributed by atoms with Crippen LogP contribution in [-0.4, -0.2) is 52.4 Å². The molecular formula is C20H25NO6. The van der Waals surface area contributed by atoms with Gasteiger partial charge >= 0.3 is 5.97 Å². The van der Waals surface area contributed by atoms with Crippen molar-refractivity contribution in [3.63, 3.8) is 0 Å².